The van der Waals surface area contributed by atoms with Gasteiger partial charge in [0.2, 0.25) is 5.91 Å². The molecule has 1 N–H and O–H groups in total. The summed E-state index contributed by atoms with van der Waals surface area (Å²) in [5.41, 5.74) is 1.03. The molecule has 0 spiro atoms. The van der Waals surface area contributed by atoms with Crippen LogP contribution >= 0.6 is 0 Å². The standard InChI is InChI=1S/C22H22FN3O3/c1-22(2)13-25(12-14-7-8-15(23)11-17(14)22)19(27)9-10-26-18-6-4-3-5-16(18)20(28)24-21(26)29/h3-8,11H,9-10,12-13H2,1-2H3,(H,24,28,29). The summed E-state index contributed by atoms with van der Waals surface area (Å²) in [5, 5.41) is 0.412. The lowest BCUT2D eigenvalue weighted by atomic mass is 9.78. The Bertz CT molecular complexity index is 1230. The first-order chi connectivity index (χ1) is 13.8. The number of amides is 1. The number of hydrogen-bond acceptors (Lipinski definition) is 3. The highest BCUT2D eigenvalue weighted by molar-refractivity contribution is 5.79. The summed E-state index contributed by atoms with van der Waals surface area (Å²) in [5.74, 6) is -0.365. The number of benzene rings is 2. The summed E-state index contributed by atoms with van der Waals surface area (Å²) >= 11 is 0. The van der Waals surface area contributed by atoms with Gasteiger partial charge in [-0.1, -0.05) is 32.0 Å². The molecule has 0 saturated heterocycles. The first-order valence-corrected chi connectivity index (χ1v) is 9.55. The van der Waals surface area contributed by atoms with Gasteiger partial charge in [-0.3, -0.25) is 19.1 Å². The molecule has 0 atom stereocenters. The Hall–Kier alpha value is -3.22. The second-order valence-electron chi connectivity index (χ2n) is 8.11. The van der Waals surface area contributed by atoms with Crippen molar-refractivity contribution in [1.29, 1.82) is 0 Å². The fraction of sp³-hybridized carbons (Fsp3) is 0.318. The van der Waals surface area contributed by atoms with Gasteiger partial charge in [0.25, 0.3) is 5.56 Å². The van der Waals surface area contributed by atoms with Crippen LogP contribution in [-0.4, -0.2) is 26.9 Å². The van der Waals surface area contributed by atoms with Crippen molar-refractivity contribution in [2.24, 2.45) is 0 Å². The molecule has 1 aromatic heterocycles. The minimum absolute atomic E-state index is 0.0877. The van der Waals surface area contributed by atoms with Crippen LogP contribution in [0.2, 0.25) is 0 Å². The first kappa shape index (κ1) is 19.1. The van der Waals surface area contributed by atoms with Gasteiger partial charge >= 0.3 is 5.69 Å². The number of rotatable bonds is 3. The molecule has 1 amide bonds. The molecular formula is C22H22FN3O3. The molecule has 1 aliphatic rings. The van der Waals surface area contributed by atoms with Crippen LogP contribution in [0, 0.1) is 5.82 Å². The number of halogens is 1. The maximum Gasteiger partial charge on any atom is 0.328 e. The van der Waals surface area contributed by atoms with Crippen molar-refractivity contribution in [1.82, 2.24) is 14.5 Å². The molecule has 7 heteroatoms. The van der Waals surface area contributed by atoms with E-state index in [1.165, 1.54) is 10.6 Å². The van der Waals surface area contributed by atoms with E-state index >= 15 is 0 Å². The SMILES string of the molecule is CC1(C)CN(C(=O)CCn2c(=O)[nH]c(=O)c3ccccc32)Cc2ccc(F)cc21. The van der Waals surface area contributed by atoms with Crippen molar-refractivity contribution in [3.63, 3.8) is 0 Å². The molecule has 0 bridgehead atoms. The van der Waals surface area contributed by atoms with Gasteiger partial charge in [0.05, 0.1) is 10.9 Å². The largest absolute Gasteiger partial charge is 0.337 e. The van der Waals surface area contributed by atoms with Gasteiger partial charge in [-0.25, -0.2) is 9.18 Å². The number of hydrogen-bond donors (Lipinski definition) is 1. The Labute approximate surface area is 166 Å². The summed E-state index contributed by atoms with van der Waals surface area (Å²) in [4.78, 5) is 41.2. The van der Waals surface area contributed by atoms with Crippen molar-refractivity contribution in [3.05, 3.63) is 80.2 Å². The molecule has 150 valence electrons. The molecule has 1 aliphatic heterocycles. The van der Waals surface area contributed by atoms with E-state index in [2.05, 4.69) is 4.98 Å². The predicted molar refractivity (Wildman–Crippen MR) is 108 cm³/mol. The zero-order chi connectivity index (χ0) is 20.8. The molecule has 2 aromatic carbocycles. The van der Waals surface area contributed by atoms with E-state index in [0.717, 1.165) is 11.1 Å². The number of fused-ring (bicyclic) bond motifs is 2. The van der Waals surface area contributed by atoms with Crippen LogP contribution in [0.4, 0.5) is 4.39 Å². The Morgan fingerprint density at radius 2 is 1.93 bits per heavy atom. The van der Waals surface area contributed by atoms with Crippen LogP contribution in [-0.2, 0) is 23.3 Å². The van der Waals surface area contributed by atoms with Gasteiger partial charge < -0.3 is 4.90 Å². The lowest BCUT2D eigenvalue weighted by Gasteiger charge is -2.40. The second-order valence-corrected chi connectivity index (χ2v) is 8.11. The van der Waals surface area contributed by atoms with E-state index in [9.17, 15) is 18.8 Å². The quantitative estimate of drug-likeness (QED) is 0.741. The molecule has 6 nitrogen and oxygen atoms in total. The number of carbonyl (C=O) groups is 1. The van der Waals surface area contributed by atoms with Crippen LogP contribution in [0.1, 0.15) is 31.4 Å². The number of nitrogens with zero attached hydrogens (tertiary/aromatic N) is 2. The third-order valence-electron chi connectivity index (χ3n) is 5.56. The van der Waals surface area contributed by atoms with E-state index < -0.39 is 11.2 Å². The Morgan fingerprint density at radius 3 is 2.72 bits per heavy atom. The minimum atomic E-state index is -0.527. The summed E-state index contributed by atoms with van der Waals surface area (Å²) in [6.07, 6.45) is 0.128. The smallest absolute Gasteiger partial charge is 0.328 e. The average Bonchev–Trinajstić information content (AvgIpc) is 2.67. The maximum absolute atomic E-state index is 13.7. The maximum atomic E-state index is 13.7. The van der Waals surface area contributed by atoms with Gasteiger partial charge in [-0.05, 0) is 35.4 Å². The second kappa shape index (κ2) is 6.99. The molecule has 4 rings (SSSR count). The number of aromatic amines is 1. The fourth-order valence-corrected chi connectivity index (χ4v) is 4.15. The van der Waals surface area contributed by atoms with Gasteiger partial charge in [0, 0.05) is 31.5 Å². The Balaban J connectivity index is 1.57. The van der Waals surface area contributed by atoms with Crippen molar-refractivity contribution in [2.75, 3.05) is 6.54 Å². The van der Waals surface area contributed by atoms with Crippen LogP contribution in [0.25, 0.3) is 10.9 Å². The zero-order valence-corrected chi connectivity index (χ0v) is 16.4. The highest BCUT2D eigenvalue weighted by Crippen LogP contribution is 2.34. The van der Waals surface area contributed by atoms with E-state index in [0.29, 0.717) is 24.0 Å². The Morgan fingerprint density at radius 1 is 1.17 bits per heavy atom. The average molecular weight is 395 g/mol. The third kappa shape index (κ3) is 3.48. The number of para-hydroxylation sites is 1. The summed E-state index contributed by atoms with van der Waals surface area (Å²) in [6.45, 7) is 5.04. The number of aromatic nitrogens is 2. The number of carbonyl (C=O) groups excluding carboxylic acids is 1. The first-order valence-electron chi connectivity index (χ1n) is 9.55. The van der Waals surface area contributed by atoms with Crippen LogP contribution in [0.15, 0.2) is 52.1 Å². The number of aryl methyl sites for hydroxylation is 1. The third-order valence-corrected chi connectivity index (χ3v) is 5.56. The summed E-state index contributed by atoms with van der Waals surface area (Å²) in [7, 11) is 0. The summed E-state index contributed by atoms with van der Waals surface area (Å²) in [6, 6.07) is 11.5. The van der Waals surface area contributed by atoms with E-state index in [1.54, 1.807) is 41.3 Å². The predicted octanol–water partition coefficient (Wildman–Crippen LogP) is 2.54. The molecule has 0 unspecified atom stereocenters. The van der Waals surface area contributed by atoms with Crippen molar-refractivity contribution < 1.29 is 9.18 Å². The normalized spacial score (nSPS) is 15.3. The van der Waals surface area contributed by atoms with E-state index in [-0.39, 0.29) is 30.1 Å². The molecular weight excluding hydrogens is 373 g/mol. The molecule has 0 aliphatic carbocycles. The monoisotopic (exact) mass is 395 g/mol. The molecule has 0 saturated carbocycles. The van der Waals surface area contributed by atoms with E-state index in [1.807, 2.05) is 13.8 Å². The molecule has 2 heterocycles. The fourth-order valence-electron chi connectivity index (χ4n) is 4.15. The highest BCUT2D eigenvalue weighted by atomic mass is 19.1. The highest BCUT2D eigenvalue weighted by Gasteiger charge is 2.34. The molecule has 29 heavy (non-hydrogen) atoms. The molecule has 0 radical (unpaired) electrons. The van der Waals surface area contributed by atoms with Crippen molar-refractivity contribution in [3.8, 4) is 0 Å². The van der Waals surface area contributed by atoms with Crippen LogP contribution in [0.5, 0.6) is 0 Å². The topological polar surface area (TPSA) is 75.2 Å². The van der Waals surface area contributed by atoms with Crippen molar-refractivity contribution >= 4 is 16.8 Å². The van der Waals surface area contributed by atoms with Crippen LogP contribution in [0.3, 0.4) is 0 Å². The number of nitrogens with one attached hydrogen (secondary N) is 1. The van der Waals surface area contributed by atoms with E-state index in [4.69, 9.17) is 0 Å². The zero-order valence-electron chi connectivity index (χ0n) is 16.4. The van der Waals surface area contributed by atoms with Crippen molar-refractivity contribution in [2.45, 2.75) is 38.8 Å². The van der Waals surface area contributed by atoms with Crippen LogP contribution < -0.4 is 11.2 Å². The van der Waals surface area contributed by atoms with Gasteiger partial charge in [-0.15, -0.1) is 0 Å². The molecule has 3 aromatic rings. The molecule has 0 fully saturated rings. The van der Waals surface area contributed by atoms with Gasteiger partial charge in [-0.2, -0.15) is 0 Å². The minimum Gasteiger partial charge on any atom is -0.337 e. The van der Waals surface area contributed by atoms with Gasteiger partial charge in [0.1, 0.15) is 5.82 Å². The Kier molecular flexibility index (Phi) is 4.61. The lowest BCUT2D eigenvalue weighted by molar-refractivity contribution is -0.133. The number of H-pyrrole nitrogens is 1. The summed E-state index contributed by atoms with van der Waals surface area (Å²) < 4.78 is 15.1. The lowest BCUT2D eigenvalue weighted by Crippen LogP contribution is -2.45. The van der Waals surface area contributed by atoms with Gasteiger partial charge in [0.15, 0.2) is 0 Å².